The standard InChI is InChI=1S/C25H26N2O2/c1-25(2,3)18-11-8-17(9-12-18)20-14-21(20)24(29)27-26-15-22-19-7-5-4-6-16(19)10-13-23(22)28/h4-13,15,20-21,28H,14H2,1-3H3,(H,27,29)/b26-15-. The summed E-state index contributed by atoms with van der Waals surface area (Å²) >= 11 is 0. The van der Waals surface area contributed by atoms with Crippen molar-refractivity contribution >= 4 is 22.9 Å². The number of rotatable bonds is 4. The number of benzene rings is 3. The van der Waals surface area contributed by atoms with Crippen LogP contribution in [0, 0.1) is 5.92 Å². The third-order valence-electron chi connectivity index (χ3n) is 5.65. The first-order valence-electron chi connectivity index (χ1n) is 9.98. The van der Waals surface area contributed by atoms with E-state index in [1.54, 1.807) is 6.07 Å². The minimum absolute atomic E-state index is 0.0475. The second kappa shape index (κ2) is 7.36. The van der Waals surface area contributed by atoms with Crippen LogP contribution in [0.4, 0.5) is 0 Å². The van der Waals surface area contributed by atoms with E-state index in [4.69, 9.17) is 0 Å². The Morgan fingerprint density at radius 3 is 2.52 bits per heavy atom. The molecule has 1 saturated carbocycles. The lowest BCUT2D eigenvalue weighted by Crippen LogP contribution is -2.20. The number of fused-ring (bicyclic) bond motifs is 1. The maximum Gasteiger partial charge on any atom is 0.243 e. The van der Waals surface area contributed by atoms with E-state index < -0.39 is 0 Å². The van der Waals surface area contributed by atoms with Crippen LogP contribution in [0.25, 0.3) is 10.8 Å². The fraction of sp³-hybridized carbons (Fsp3) is 0.280. The molecular weight excluding hydrogens is 360 g/mol. The minimum Gasteiger partial charge on any atom is -0.507 e. The van der Waals surface area contributed by atoms with Crippen LogP contribution >= 0.6 is 0 Å². The molecule has 0 radical (unpaired) electrons. The zero-order valence-electron chi connectivity index (χ0n) is 17.0. The third kappa shape index (κ3) is 4.02. The molecule has 2 atom stereocenters. The Labute approximate surface area is 171 Å². The van der Waals surface area contributed by atoms with E-state index in [9.17, 15) is 9.90 Å². The number of amides is 1. The maximum atomic E-state index is 12.5. The summed E-state index contributed by atoms with van der Waals surface area (Å²) in [4.78, 5) is 12.5. The molecule has 2 unspecified atom stereocenters. The summed E-state index contributed by atoms with van der Waals surface area (Å²) < 4.78 is 0. The Kier molecular flexibility index (Phi) is 4.87. The van der Waals surface area contributed by atoms with Crippen LogP contribution in [0.3, 0.4) is 0 Å². The first-order chi connectivity index (χ1) is 13.8. The van der Waals surface area contributed by atoms with Gasteiger partial charge in [-0.1, -0.05) is 75.4 Å². The van der Waals surface area contributed by atoms with Crippen molar-refractivity contribution in [1.82, 2.24) is 5.43 Å². The molecule has 1 amide bonds. The summed E-state index contributed by atoms with van der Waals surface area (Å²) in [6.45, 7) is 6.59. The quantitative estimate of drug-likeness (QED) is 0.484. The van der Waals surface area contributed by atoms with Crippen LogP contribution < -0.4 is 5.43 Å². The molecule has 4 nitrogen and oxygen atoms in total. The summed E-state index contributed by atoms with van der Waals surface area (Å²) in [7, 11) is 0. The maximum absolute atomic E-state index is 12.5. The van der Waals surface area contributed by atoms with E-state index in [-0.39, 0.29) is 28.9 Å². The van der Waals surface area contributed by atoms with Gasteiger partial charge in [-0.05, 0) is 45.7 Å². The Bertz CT molecular complexity index is 1080. The van der Waals surface area contributed by atoms with E-state index in [0.717, 1.165) is 17.2 Å². The van der Waals surface area contributed by atoms with Crippen LogP contribution in [0.1, 0.15) is 49.8 Å². The van der Waals surface area contributed by atoms with Crippen molar-refractivity contribution in [2.75, 3.05) is 0 Å². The topological polar surface area (TPSA) is 61.7 Å². The Balaban J connectivity index is 1.41. The fourth-order valence-electron chi connectivity index (χ4n) is 3.75. The SMILES string of the molecule is CC(C)(C)c1ccc(C2CC2C(=O)N/N=C\c2c(O)ccc3ccccc23)cc1. The van der Waals surface area contributed by atoms with Crippen molar-refractivity contribution in [3.63, 3.8) is 0 Å². The lowest BCUT2D eigenvalue weighted by Gasteiger charge is -2.19. The zero-order valence-corrected chi connectivity index (χ0v) is 17.0. The van der Waals surface area contributed by atoms with Crippen molar-refractivity contribution < 1.29 is 9.90 Å². The van der Waals surface area contributed by atoms with Gasteiger partial charge in [-0.25, -0.2) is 5.43 Å². The lowest BCUT2D eigenvalue weighted by atomic mass is 9.86. The Hall–Kier alpha value is -3.14. The summed E-state index contributed by atoms with van der Waals surface area (Å²) in [6, 6.07) is 19.9. The van der Waals surface area contributed by atoms with E-state index in [0.29, 0.717) is 5.56 Å². The van der Waals surface area contributed by atoms with Gasteiger partial charge in [0, 0.05) is 11.5 Å². The molecule has 1 aliphatic carbocycles. The smallest absolute Gasteiger partial charge is 0.243 e. The van der Waals surface area contributed by atoms with Crippen molar-refractivity contribution in [3.8, 4) is 5.75 Å². The molecule has 1 aliphatic rings. The van der Waals surface area contributed by atoms with Gasteiger partial charge < -0.3 is 5.11 Å². The van der Waals surface area contributed by atoms with Gasteiger partial charge in [0.25, 0.3) is 0 Å². The molecule has 0 heterocycles. The molecule has 0 aliphatic heterocycles. The number of hydrogen-bond acceptors (Lipinski definition) is 3. The number of carbonyl (C=O) groups excluding carboxylic acids is 1. The fourth-order valence-corrected chi connectivity index (χ4v) is 3.75. The number of carbonyl (C=O) groups is 1. The van der Waals surface area contributed by atoms with Gasteiger partial charge in [-0.15, -0.1) is 0 Å². The minimum atomic E-state index is -0.0779. The first kappa shape index (κ1) is 19.2. The average molecular weight is 386 g/mol. The molecule has 3 aromatic carbocycles. The number of aromatic hydroxyl groups is 1. The molecule has 4 heteroatoms. The summed E-state index contributed by atoms with van der Waals surface area (Å²) in [5.74, 6) is 0.273. The van der Waals surface area contributed by atoms with Gasteiger partial charge in [-0.3, -0.25) is 4.79 Å². The van der Waals surface area contributed by atoms with E-state index >= 15 is 0 Å². The van der Waals surface area contributed by atoms with Gasteiger partial charge >= 0.3 is 0 Å². The number of phenols is 1. The molecule has 0 spiro atoms. The molecule has 29 heavy (non-hydrogen) atoms. The molecule has 0 bridgehead atoms. The zero-order chi connectivity index (χ0) is 20.6. The third-order valence-corrected chi connectivity index (χ3v) is 5.65. The molecule has 2 N–H and O–H groups in total. The molecule has 0 saturated heterocycles. The highest BCUT2D eigenvalue weighted by atomic mass is 16.3. The van der Waals surface area contributed by atoms with Crippen LogP contribution in [-0.2, 0) is 10.2 Å². The molecule has 0 aromatic heterocycles. The molecule has 3 aromatic rings. The monoisotopic (exact) mass is 386 g/mol. The molecule has 4 rings (SSSR count). The van der Waals surface area contributed by atoms with Gasteiger partial charge in [0.15, 0.2) is 0 Å². The Morgan fingerprint density at radius 1 is 1.07 bits per heavy atom. The summed E-state index contributed by atoms with van der Waals surface area (Å²) in [5, 5.41) is 16.2. The normalized spacial score (nSPS) is 18.9. The number of hydrogen-bond donors (Lipinski definition) is 2. The van der Waals surface area contributed by atoms with Crippen LogP contribution in [-0.4, -0.2) is 17.2 Å². The predicted molar refractivity (Wildman–Crippen MR) is 117 cm³/mol. The Morgan fingerprint density at radius 2 is 1.79 bits per heavy atom. The van der Waals surface area contributed by atoms with Crippen molar-refractivity contribution in [1.29, 1.82) is 0 Å². The molecule has 148 valence electrons. The number of phenolic OH excluding ortho intramolecular Hbond substituents is 1. The van der Waals surface area contributed by atoms with Gasteiger partial charge in [0.1, 0.15) is 5.75 Å². The number of hydrazone groups is 1. The van der Waals surface area contributed by atoms with Crippen LogP contribution in [0.5, 0.6) is 5.75 Å². The average Bonchev–Trinajstić information content (AvgIpc) is 3.50. The van der Waals surface area contributed by atoms with Gasteiger partial charge in [-0.2, -0.15) is 5.10 Å². The van der Waals surface area contributed by atoms with E-state index in [2.05, 4.69) is 55.6 Å². The van der Waals surface area contributed by atoms with Crippen molar-refractivity contribution in [2.24, 2.45) is 11.0 Å². The first-order valence-corrected chi connectivity index (χ1v) is 9.98. The summed E-state index contributed by atoms with van der Waals surface area (Å²) in [6.07, 6.45) is 2.36. The van der Waals surface area contributed by atoms with E-state index in [1.807, 2.05) is 30.3 Å². The van der Waals surface area contributed by atoms with Gasteiger partial charge in [0.2, 0.25) is 5.91 Å². The largest absolute Gasteiger partial charge is 0.507 e. The second-order valence-electron chi connectivity index (χ2n) is 8.77. The molecule has 1 fully saturated rings. The highest BCUT2D eigenvalue weighted by Crippen LogP contribution is 2.47. The lowest BCUT2D eigenvalue weighted by molar-refractivity contribution is -0.122. The second-order valence-corrected chi connectivity index (χ2v) is 8.77. The van der Waals surface area contributed by atoms with Gasteiger partial charge in [0.05, 0.1) is 6.21 Å². The van der Waals surface area contributed by atoms with Crippen molar-refractivity contribution in [2.45, 2.75) is 38.5 Å². The van der Waals surface area contributed by atoms with Crippen LogP contribution in [0.15, 0.2) is 65.8 Å². The highest BCUT2D eigenvalue weighted by molar-refractivity contribution is 6.02. The predicted octanol–water partition coefficient (Wildman–Crippen LogP) is 5.10. The van der Waals surface area contributed by atoms with Crippen molar-refractivity contribution in [3.05, 3.63) is 77.4 Å². The number of nitrogens with one attached hydrogen (secondary N) is 1. The molecular formula is C25H26N2O2. The number of nitrogens with zero attached hydrogens (tertiary/aromatic N) is 1. The van der Waals surface area contributed by atoms with E-state index in [1.165, 1.54) is 17.3 Å². The summed E-state index contributed by atoms with van der Waals surface area (Å²) in [5.41, 5.74) is 5.87. The highest BCUT2D eigenvalue weighted by Gasteiger charge is 2.44. The van der Waals surface area contributed by atoms with Crippen LogP contribution in [0.2, 0.25) is 0 Å².